The Morgan fingerprint density at radius 3 is 2.56 bits per heavy atom. The number of fused-ring (bicyclic) bond motifs is 1. The lowest BCUT2D eigenvalue weighted by molar-refractivity contribution is -0.136. The summed E-state index contributed by atoms with van der Waals surface area (Å²) in [5.41, 5.74) is 3.87. The number of hydrogen-bond donors (Lipinski definition) is 2. The minimum atomic E-state index is -0.826. The first-order valence-corrected chi connectivity index (χ1v) is 12.9. The molecule has 4 rings (SSSR count). The molecule has 1 aliphatic rings. The van der Waals surface area contributed by atoms with Crippen LogP contribution in [0.5, 0.6) is 11.5 Å². The quantitative estimate of drug-likeness (QED) is 0.334. The van der Waals surface area contributed by atoms with Crippen LogP contribution in [0, 0.1) is 11.3 Å². The SMILES string of the molecule is COc1cc2c(cc1CCC(=O)O)nc(Nc1ccc(OC(C)C)cc1)n2C1CC(C)CC(C)(C)C1. The van der Waals surface area contributed by atoms with E-state index >= 15 is 0 Å². The normalized spacial score (nSPS) is 19.4. The van der Waals surface area contributed by atoms with E-state index in [1.165, 1.54) is 6.42 Å². The number of carboxylic acids is 1. The highest BCUT2D eigenvalue weighted by Gasteiger charge is 2.35. The molecule has 1 heterocycles. The third-order valence-corrected chi connectivity index (χ3v) is 6.91. The molecule has 194 valence electrons. The molecular weight excluding hydrogens is 454 g/mol. The summed E-state index contributed by atoms with van der Waals surface area (Å²) in [4.78, 5) is 16.2. The summed E-state index contributed by atoms with van der Waals surface area (Å²) in [5.74, 6) is 2.10. The Morgan fingerprint density at radius 2 is 1.94 bits per heavy atom. The van der Waals surface area contributed by atoms with E-state index in [2.05, 4.69) is 30.7 Å². The van der Waals surface area contributed by atoms with Gasteiger partial charge in [0.1, 0.15) is 11.5 Å². The molecule has 3 aromatic rings. The predicted octanol–water partition coefficient (Wildman–Crippen LogP) is 6.98. The highest BCUT2D eigenvalue weighted by atomic mass is 16.5. The van der Waals surface area contributed by atoms with E-state index in [0.717, 1.165) is 46.8 Å². The van der Waals surface area contributed by atoms with Crippen molar-refractivity contribution in [1.82, 2.24) is 9.55 Å². The van der Waals surface area contributed by atoms with Crippen molar-refractivity contribution in [2.45, 2.75) is 78.9 Å². The van der Waals surface area contributed by atoms with E-state index in [1.54, 1.807) is 7.11 Å². The van der Waals surface area contributed by atoms with Crippen LogP contribution in [-0.4, -0.2) is 33.8 Å². The zero-order chi connectivity index (χ0) is 26.0. The fraction of sp³-hybridized carbons (Fsp3) is 0.517. The maximum atomic E-state index is 11.2. The summed E-state index contributed by atoms with van der Waals surface area (Å²) in [6.45, 7) is 11.1. The molecule has 2 atom stereocenters. The number of ether oxygens (including phenoxy) is 2. The summed E-state index contributed by atoms with van der Waals surface area (Å²) >= 11 is 0. The fourth-order valence-corrected chi connectivity index (χ4v) is 5.76. The average Bonchev–Trinajstić information content (AvgIpc) is 3.13. The lowest BCUT2D eigenvalue weighted by Gasteiger charge is -2.40. The van der Waals surface area contributed by atoms with Crippen molar-refractivity contribution in [1.29, 1.82) is 0 Å². The molecule has 7 heteroatoms. The number of carboxylic acid groups (broad SMARTS) is 1. The van der Waals surface area contributed by atoms with Crippen LogP contribution in [0.1, 0.15) is 71.9 Å². The zero-order valence-electron chi connectivity index (χ0n) is 22.3. The molecule has 1 saturated carbocycles. The van der Waals surface area contributed by atoms with Crippen LogP contribution in [0.15, 0.2) is 36.4 Å². The van der Waals surface area contributed by atoms with Gasteiger partial charge in [-0.3, -0.25) is 4.79 Å². The van der Waals surface area contributed by atoms with Crippen LogP contribution < -0.4 is 14.8 Å². The Hall–Kier alpha value is -3.22. The predicted molar refractivity (Wildman–Crippen MR) is 144 cm³/mol. The third-order valence-electron chi connectivity index (χ3n) is 6.91. The van der Waals surface area contributed by atoms with Gasteiger partial charge in [0, 0.05) is 24.2 Å². The van der Waals surface area contributed by atoms with Gasteiger partial charge in [0.15, 0.2) is 0 Å². The van der Waals surface area contributed by atoms with Gasteiger partial charge >= 0.3 is 5.97 Å². The summed E-state index contributed by atoms with van der Waals surface area (Å²) in [5, 5.41) is 12.7. The van der Waals surface area contributed by atoms with Crippen LogP contribution in [0.2, 0.25) is 0 Å². The first-order chi connectivity index (χ1) is 17.0. The molecule has 0 saturated heterocycles. The molecule has 36 heavy (non-hydrogen) atoms. The van der Waals surface area contributed by atoms with Crippen molar-refractivity contribution < 1.29 is 19.4 Å². The van der Waals surface area contributed by atoms with E-state index in [1.807, 2.05) is 50.2 Å². The van der Waals surface area contributed by atoms with E-state index in [4.69, 9.17) is 14.5 Å². The van der Waals surface area contributed by atoms with Crippen LogP contribution in [0.25, 0.3) is 11.0 Å². The number of hydrogen-bond acceptors (Lipinski definition) is 5. The minimum Gasteiger partial charge on any atom is -0.496 e. The van der Waals surface area contributed by atoms with Gasteiger partial charge in [-0.1, -0.05) is 20.8 Å². The maximum absolute atomic E-state index is 11.2. The molecule has 0 spiro atoms. The lowest BCUT2D eigenvalue weighted by Crippen LogP contribution is -2.29. The Bertz CT molecular complexity index is 1210. The second-order valence-corrected chi connectivity index (χ2v) is 11.2. The maximum Gasteiger partial charge on any atom is 0.303 e. The van der Waals surface area contributed by atoms with Crippen molar-refractivity contribution in [3.05, 3.63) is 42.0 Å². The van der Waals surface area contributed by atoms with Crippen molar-refractivity contribution in [2.75, 3.05) is 12.4 Å². The number of aliphatic carboxylic acids is 1. The highest BCUT2D eigenvalue weighted by molar-refractivity contribution is 5.83. The van der Waals surface area contributed by atoms with Crippen molar-refractivity contribution in [2.24, 2.45) is 11.3 Å². The summed E-state index contributed by atoms with van der Waals surface area (Å²) in [6.07, 6.45) is 3.91. The largest absolute Gasteiger partial charge is 0.496 e. The number of nitrogens with zero attached hydrogens (tertiary/aromatic N) is 2. The lowest BCUT2D eigenvalue weighted by atomic mass is 9.70. The van der Waals surface area contributed by atoms with Crippen LogP contribution in [-0.2, 0) is 11.2 Å². The Morgan fingerprint density at radius 1 is 1.22 bits per heavy atom. The van der Waals surface area contributed by atoms with Crippen LogP contribution in [0.4, 0.5) is 11.6 Å². The number of anilines is 2. The van der Waals surface area contributed by atoms with E-state index in [9.17, 15) is 9.90 Å². The van der Waals surface area contributed by atoms with Gasteiger partial charge in [-0.25, -0.2) is 4.98 Å². The number of benzene rings is 2. The Kier molecular flexibility index (Phi) is 7.48. The van der Waals surface area contributed by atoms with E-state index in [0.29, 0.717) is 18.1 Å². The molecule has 2 unspecified atom stereocenters. The fourth-order valence-electron chi connectivity index (χ4n) is 5.76. The number of carbonyl (C=O) groups is 1. The van der Waals surface area contributed by atoms with E-state index in [-0.39, 0.29) is 24.0 Å². The second kappa shape index (κ2) is 10.4. The number of aryl methyl sites for hydroxylation is 1. The number of nitrogens with one attached hydrogen (secondary N) is 1. The standard InChI is InChI=1S/C29H39N3O4/c1-18(2)36-23-10-8-21(9-11-23)30-28-31-24-14-20(7-12-27(33)34)26(35-6)15-25(24)32(28)22-13-19(3)16-29(4,5)17-22/h8-11,14-15,18-19,22H,7,12-13,16-17H2,1-6H3,(H,30,31)(H,33,34). The molecule has 0 radical (unpaired) electrons. The monoisotopic (exact) mass is 493 g/mol. The summed E-state index contributed by atoms with van der Waals surface area (Å²) in [6, 6.07) is 12.2. The smallest absolute Gasteiger partial charge is 0.303 e. The molecule has 1 aromatic heterocycles. The second-order valence-electron chi connectivity index (χ2n) is 11.2. The first kappa shape index (κ1) is 25.9. The molecule has 1 fully saturated rings. The summed E-state index contributed by atoms with van der Waals surface area (Å²) < 4.78 is 13.8. The van der Waals surface area contributed by atoms with Crippen molar-refractivity contribution in [3.8, 4) is 11.5 Å². The average molecular weight is 494 g/mol. The summed E-state index contributed by atoms with van der Waals surface area (Å²) in [7, 11) is 1.64. The van der Waals surface area contributed by atoms with Gasteiger partial charge in [-0.2, -0.15) is 0 Å². The molecule has 7 nitrogen and oxygen atoms in total. The number of aromatic nitrogens is 2. The Labute approximate surface area is 213 Å². The van der Waals surface area contributed by atoms with Crippen molar-refractivity contribution in [3.63, 3.8) is 0 Å². The topological polar surface area (TPSA) is 85.6 Å². The number of imidazole rings is 1. The van der Waals surface area contributed by atoms with Gasteiger partial charge in [0.05, 0.1) is 24.2 Å². The number of rotatable bonds is 9. The van der Waals surface area contributed by atoms with Gasteiger partial charge in [0.25, 0.3) is 0 Å². The van der Waals surface area contributed by atoms with Crippen LogP contribution in [0.3, 0.4) is 0 Å². The first-order valence-electron chi connectivity index (χ1n) is 12.9. The van der Waals surface area contributed by atoms with Crippen molar-refractivity contribution >= 4 is 28.6 Å². The molecule has 2 N–H and O–H groups in total. The Balaban J connectivity index is 1.78. The van der Waals surface area contributed by atoms with Gasteiger partial charge in [0.2, 0.25) is 5.95 Å². The molecule has 2 aromatic carbocycles. The van der Waals surface area contributed by atoms with E-state index < -0.39 is 5.97 Å². The van der Waals surface area contributed by atoms with Gasteiger partial charge in [-0.15, -0.1) is 0 Å². The third kappa shape index (κ3) is 5.94. The van der Waals surface area contributed by atoms with Crippen LogP contribution >= 0.6 is 0 Å². The van der Waals surface area contributed by atoms with Gasteiger partial charge in [-0.05, 0) is 86.8 Å². The zero-order valence-corrected chi connectivity index (χ0v) is 22.3. The molecule has 0 aliphatic heterocycles. The molecule has 0 amide bonds. The molecule has 1 aliphatic carbocycles. The highest BCUT2D eigenvalue weighted by Crippen LogP contribution is 2.46. The van der Waals surface area contributed by atoms with Gasteiger partial charge < -0.3 is 24.5 Å². The molecular formula is C29H39N3O4. The molecule has 0 bridgehead atoms. The minimum absolute atomic E-state index is 0.0484. The number of methoxy groups -OCH3 is 1.